The van der Waals surface area contributed by atoms with Crippen LogP contribution in [0.5, 0.6) is 0 Å². The standard InChI is InChI=1S/C16H19BrFN3/c1-3-7-20-16(15-6-8-19-11(2)21-15)10-12-9-13(17)4-5-14(12)18/h4-6,8-9,16,20H,3,7,10H2,1-2H3. The molecular weight excluding hydrogens is 333 g/mol. The number of nitrogens with one attached hydrogen (secondary N) is 1. The molecular formula is C16H19BrFN3. The molecule has 1 unspecified atom stereocenters. The molecule has 1 aromatic carbocycles. The van der Waals surface area contributed by atoms with E-state index in [1.54, 1.807) is 12.3 Å². The molecule has 0 amide bonds. The van der Waals surface area contributed by atoms with Gasteiger partial charge < -0.3 is 5.32 Å². The monoisotopic (exact) mass is 351 g/mol. The average molecular weight is 352 g/mol. The molecule has 1 atom stereocenters. The van der Waals surface area contributed by atoms with Gasteiger partial charge in [-0.2, -0.15) is 0 Å². The Bertz CT molecular complexity index is 604. The summed E-state index contributed by atoms with van der Waals surface area (Å²) in [6, 6.07) is 6.89. The predicted octanol–water partition coefficient (Wildman–Crippen LogP) is 3.97. The minimum absolute atomic E-state index is 0.0181. The molecule has 2 rings (SSSR count). The van der Waals surface area contributed by atoms with E-state index in [1.807, 2.05) is 19.1 Å². The van der Waals surface area contributed by atoms with Crippen molar-refractivity contribution >= 4 is 15.9 Å². The first-order valence-electron chi connectivity index (χ1n) is 7.07. The zero-order chi connectivity index (χ0) is 15.2. The lowest BCUT2D eigenvalue weighted by Crippen LogP contribution is -2.25. The Morgan fingerprint density at radius 3 is 2.86 bits per heavy atom. The maximum absolute atomic E-state index is 14.0. The molecule has 0 spiro atoms. The summed E-state index contributed by atoms with van der Waals surface area (Å²) in [7, 11) is 0. The zero-order valence-corrected chi connectivity index (χ0v) is 13.8. The molecule has 1 N–H and O–H groups in total. The molecule has 0 aliphatic carbocycles. The Morgan fingerprint density at radius 1 is 1.33 bits per heavy atom. The maximum Gasteiger partial charge on any atom is 0.126 e. The fraction of sp³-hybridized carbons (Fsp3) is 0.375. The molecule has 0 radical (unpaired) electrons. The van der Waals surface area contributed by atoms with Crippen LogP contribution in [0.25, 0.3) is 0 Å². The van der Waals surface area contributed by atoms with E-state index in [0.717, 1.165) is 29.0 Å². The summed E-state index contributed by atoms with van der Waals surface area (Å²) in [5.74, 6) is 0.540. The molecule has 0 aliphatic rings. The molecule has 0 fully saturated rings. The molecule has 0 saturated carbocycles. The number of hydrogen-bond acceptors (Lipinski definition) is 3. The van der Waals surface area contributed by atoms with Crippen LogP contribution in [0.1, 0.15) is 36.5 Å². The van der Waals surface area contributed by atoms with Gasteiger partial charge in [0.25, 0.3) is 0 Å². The van der Waals surface area contributed by atoms with Crippen molar-refractivity contribution in [3.05, 3.63) is 57.8 Å². The van der Waals surface area contributed by atoms with E-state index in [9.17, 15) is 4.39 Å². The highest BCUT2D eigenvalue weighted by atomic mass is 79.9. The summed E-state index contributed by atoms with van der Waals surface area (Å²) in [6.07, 6.45) is 3.32. The lowest BCUT2D eigenvalue weighted by Gasteiger charge is -2.19. The fourth-order valence-corrected chi connectivity index (χ4v) is 2.60. The normalized spacial score (nSPS) is 12.4. The summed E-state index contributed by atoms with van der Waals surface area (Å²) < 4.78 is 14.8. The summed E-state index contributed by atoms with van der Waals surface area (Å²) in [4.78, 5) is 8.59. The summed E-state index contributed by atoms with van der Waals surface area (Å²) in [6.45, 7) is 4.83. The van der Waals surface area contributed by atoms with Crippen molar-refractivity contribution in [1.82, 2.24) is 15.3 Å². The van der Waals surface area contributed by atoms with Crippen molar-refractivity contribution in [2.45, 2.75) is 32.7 Å². The number of benzene rings is 1. The third kappa shape index (κ3) is 4.58. The minimum atomic E-state index is -0.188. The Balaban J connectivity index is 2.25. The highest BCUT2D eigenvalue weighted by molar-refractivity contribution is 9.10. The molecule has 112 valence electrons. The van der Waals surface area contributed by atoms with Crippen LogP contribution in [-0.2, 0) is 6.42 Å². The highest BCUT2D eigenvalue weighted by Crippen LogP contribution is 2.22. The van der Waals surface area contributed by atoms with Gasteiger partial charge in [-0.1, -0.05) is 22.9 Å². The van der Waals surface area contributed by atoms with E-state index in [1.165, 1.54) is 6.07 Å². The Labute approximate surface area is 133 Å². The van der Waals surface area contributed by atoms with Gasteiger partial charge in [0.2, 0.25) is 0 Å². The number of nitrogens with zero attached hydrogens (tertiary/aromatic N) is 2. The first kappa shape index (κ1) is 16.0. The third-order valence-corrected chi connectivity index (χ3v) is 3.72. The molecule has 1 heterocycles. The quantitative estimate of drug-likeness (QED) is 0.855. The number of rotatable bonds is 6. The molecule has 2 aromatic rings. The molecule has 0 bridgehead atoms. The smallest absolute Gasteiger partial charge is 0.126 e. The summed E-state index contributed by atoms with van der Waals surface area (Å²) >= 11 is 3.39. The molecule has 0 aliphatic heterocycles. The number of hydrogen-bond donors (Lipinski definition) is 1. The van der Waals surface area contributed by atoms with Crippen molar-refractivity contribution in [2.24, 2.45) is 0 Å². The van der Waals surface area contributed by atoms with Crippen molar-refractivity contribution in [1.29, 1.82) is 0 Å². The first-order chi connectivity index (χ1) is 10.1. The van der Waals surface area contributed by atoms with Gasteiger partial charge in [-0.15, -0.1) is 0 Å². The largest absolute Gasteiger partial charge is 0.308 e. The van der Waals surface area contributed by atoms with Gasteiger partial charge in [0.05, 0.1) is 11.7 Å². The SMILES string of the molecule is CCCNC(Cc1cc(Br)ccc1F)c1ccnc(C)n1. The van der Waals surface area contributed by atoms with Crippen molar-refractivity contribution in [2.75, 3.05) is 6.54 Å². The lowest BCUT2D eigenvalue weighted by atomic mass is 10.0. The highest BCUT2D eigenvalue weighted by Gasteiger charge is 2.16. The predicted molar refractivity (Wildman–Crippen MR) is 85.6 cm³/mol. The second-order valence-electron chi connectivity index (χ2n) is 4.98. The van der Waals surface area contributed by atoms with E-state index >= 15 is 0 Å². The van der Waals surface area contributed by atoms with Crippen molar-refractivity contribution in [3.8, 4) is 0 Å². The van der Waals surface area contributed by atoms with Crippen LogP contribution < -0.4 is 5.32 Å². The minimum Gasteiger partial charge on any atom is -0.308 e. The first-order valence-corrected chi connectivity index (χ1v) is 7.86. The van der Waals surface area contributed by atoms with Crippen LogP contribution in [0, 0.1) is 12.7 Å². The molecule has 3 nitrogen and oxygen atoms in total. The van der Waals surface area contributed by atoms with Crippen molar-refractivity contribution < 1.29 is 4.39 Å². The van der Waals surface area contributed by atoms with Gasteiger partial charge in [0.1, 0.15) is 11.6 Å². The van der Waals surface area contributed by atoms with Gasteiger partial charge in [-0.05, 0) is 56.1 Å². The van der Waals surface area contributed by atoms with E-state index in [2.05, 4.69) is 38.1 Å². The lowest BCUT2D eigenvalue weighted by molar-refractivity contribution is 0.501. The third-order valence-electron chi connectivity index (χ3n) is 3.23. The second kappa shape index (κ2) is 7.61. The number of halogens is 2. The van der Waals surface area contributed by atoms with Crippen LogP contribution in [-0.4, -0.2) is 16.5 Å². The van der Waals surface area contributed by atoms with Crippen LogP contribution in [0.15, 0.2) is 34.9 Å². The van der Waals surface area contributed by atoms with Crippen LogP contribution in [0.4, 0.5) is 4.39 Å². The van der Waals surface area contributed by atoms with Gasteiger partial charge in [0.15, 0.2) is 0 Å². The topological polar surface area (TPSA) is 37.8 Å². The van der Waals surface area contributed by atoms with Gasteiger partial charge in [-0.25, -0.2) is 14.4 Å². The van der Waals surface area contributed by atoms with E-state index < -0.39 is 0 Å². The van der Waals surface area contributed by atoms with Crippen LogP contribution in [0.2, 0.25) is 0 Å². The average Bonchev–Trinajstić information content (AvgIpc) is 2.47. The van der Waals surface area contributed by atoms with E-state index in [-0.39, 0.29) is 11.9 Å². The molecule has 5 heteroatoms. The summed E-state index contributed by atoms with van der Waals surface area (Å²) in [5.41, 5.74) is 1.57. The van der Waals surface area contributed by atoms with Gasteiger partial charge in [0, 0.05) is 10.7 Å². The molecule has 1 aromatic heterocycles. The van der Waals surface area contributed by atoms with E-state index in [0.29, 0.717) is 12.0 Å². The maximum atomic E-state index is 14.0. The van der Waals surface area contributed by atoms with Gasteiger partial charge >= 0.3 is 0 Å². The Hall–Kier alpha value is -1.33. The fourth-order valence-electron chi connectivity index (χ4n) is 2.19. The summed E-state index contributed by atoms with van der Waals surface area (Å²) in [5, 5.41) is 3.44. The van der Waals surface area contributed by atoms with E-state index in [4.69, 9.17) is 0 Å². The molecule has 0 saturated heterocycles. The Morgan fingerprint density at radius 2 is 2.14 bits per heavy atom. The van der Waals surface area contributed by atoms with Crippen LogP contribution >= 0.6 is 15.9 Å². The zero-order valence-electron chi connectivity index (χ0n) is 12.2. The second-order valence-corrected chi connectivity index (χ2v) is 5.89. The molecule has 21 heavy (non-hydrogen) atoms. The van der Waals surface area contributed by atoms with Gasteiger partial charge in [-0.3, -0.25) is 0 Å². The Kier molecular flexibility index (Phi) is 5.82. The number of aromatic nitrogens is 2. The van der Waals surface area contributed by atoms with Crippen molar-refractivity contribution in [3.63, 3.8) is 0 Å². The van der Waals surface area contributed by atoms with Crippen LogP contribution in [0.3, 0.4) is 0 Å². The number of aryl methyl sites for hydroxylation is 1.